The second-order valence-electron chi connectivity index (χ2n) is 4.04. The Hall–Kier alpha value is -1.94. The number of aryl methyl sites for hydroxylation is 1. The molecule has 0 spiro atoms. The van der Waals surface area contributed by atoms with Gasteiger partial charge in [0.2, 0.25) is 0 Å². The Morgan fingerprint density at radius 1 is 1.11 bits per heavy atom. The minimum atomic E-state index is -0.525. The van der Waals surface area contributed by atoms with E-state index in [1.807, 2.05) is 0 Å². The van der Waals surface area contributed by atoms with E-state index in [-0.39, 0.29) is 10.6 Å². The summed E-state index contributed by atoms with van der Waals surface area (Å²) in [5.41, 5.74) is 1.20. The predicted octanol–water partition coefficient (Wildman–Crippen LogP) is 4.18. The monoisotopic (exact) mass is 281 g/mol. The normalized spacial score (nSPS) is 10.3. The molecule has 0 aliphatic rings. The van der Waals surface area contributed by atoms with E-state index >= 15 is 0 Å². The Morgan fingerprint density at radius 3 is 2.42 bits per heavy atom. The summed E-state index contributed by atoms with van der Waals surface area (Å²) in [6.45, 7) is 1.74. The van der Waals surface area contributed by atoms with Gasteiger partial charge in [0.15, 0.2) is 0 Å². The smallest absolute Gasteiger partial charge is 0.257 e. The molecular weight excluding hydrogens is 272 g/mol. The highest BCUT2D eigenvalue weighted by molar-refractivity contribution is 6.34. The molecule has 1 N–H and O–H groups in total. The van der Waals surface area contributed by atoms with Gasteiger partial charge in [-0.25, -0.2) is 8.78 Å². The predicted molar refractivity (Wildman–Crippen MR) is 70.5 cm³/mol. The molecule has 0 saturated carbocycles. The minimum Gasteiger partial charge on any atom is -0.322 e. The molecule has 98 valence electrons. The van der Waals surface area contributed by atoms with E-state index in [0.29, 0.717) is 11.3 Å². The van der Waals surface area contributed by atoms with Crippen LogP contribution in [-0.4, -0.2) is 5.91 Å². The third kappa shape index (κ3) is 3.09. The molecule has 2 aromatic carbocycles. The quantitative estimate of drug-likeness (QED) is 0.879. The van der Waals surface area contributed by atoms with Crippen LogP contribution in [0.5, 0.6) is 0 Å². The van der Waals surface area contributed by atoms with E-state index in [1.165, 1.54) is 18.2 Å². The van der Waals surface area contributed by atoms with E-state index < -0.39 is 17.5 Å². The summed E-state index contributed by atoms with van der Waals surface area (Å²) in [5, 5.41) is 2.55. The zero-order chi connectivity index (χ0) is 14.0. The summed E-state index contributed by atoms with van der Waals surface area (Å²) < 4.78 is 26.0. The first kappa shape index (κ1) is 13.5. The number of rotatable bonds is 2. The van der Waals surface area contributed by atoms with Crippen molar-refractivity contribution < 1.29 is 13.6 Å². The van der Waals surface area contributed by atoms with Crippen molar-refractivity contribution in [3.8, 4) is 0 Å². The van der Waals surface area contributed by atoms with Crippen LogP contribution in [0.4, 0.5) is 14.5 Å². The Balaban J connectivity index is 2.28. The maximum Gasteiger partial charge on any atom is 0.257 e. The number of hydrogen-bond acceptors (Lipinski definition) is 1. The van der Waals surface area contributed by atoms with Gasteiger partial charge in [-0.3, -0.25) is 4.79 Å². The molecule has 2 rings (SSSR count). The SMILES string of the molecule is Cc1ccc(F)cc1NC(=O)c1ccc(F)cc1Cl. The van der Waals surface area contributed by atoms with Gasteiger partial charge >= 0.3 is 0 Å². The number of nitrogens with one attached hydrogen (secondary N) is 1. The highest BCUT2D eigenvalue weighted by Crippen LogP contribution is 2.21. The van der Waals surface area contributed by atoms with Gasteiger partial charge in [-0.1, -0.05) is 17.7 Å². The van der Waals surface area contributed by atoms with Gasteiger partial charge in [0.25, 0.3) is 5.91 Å². The van der Waals surface area contributed by atoms with E-state index in [4.69, 9.17) is 11.6 Å². The zero-order valence-corrected chi connectivity index (χ0v) is 10.8. The summed E-state index contributed by atoms with van der Waals surface area (Å²) in [7, 11) is 0. The topological polar surface area (TPSA) is 29.1 Å². The van der Waals surface area contributed by atoms with Crippen molar-refractivity contribution >= 4 is 23.2 Å². The Morgan fingerprint density at radius 2 is 1.74 bits per heavy atom. The molecule has 0 bridgehead atoms. The highest BCUT2D eigenvalue weighted by Gasteiger charge is 2.12. The molecular formula is C14H10ClF2NO. The summed E-state index contributed by atoms with van der Waals surface area (Å²) in [5.74, 6) is -1.49. The van der Waals surface area contributed by atoms with Crippen LogP contribution in [0, 0.1) is 18.6 Å². The summed E-state index contributed by atoms with van der Waals surface area (Å²) >= 11 is 5.79. The first-order chi connectivity index (χ1) is 8.97. The van der Waals surface area contributed by atoms with E-state index in [1.54, 1.807) is 13.0 Å². The van der Waals surface area contributed by atoms with Gasteiger partial charge in [0.05, 0.1) is 10.6 Å². The van der Waals surface area contributed by atoms with E-state index in [0.717, 1.165) is 12.1 Å². The minimum absolute atomic E-state index is 0.00607. The molecule has 0 aromatic heterocycles. The number of carbonyl (C=O) groups excluding carboxylic acids is 1. The van der Waals surface area contributed by atoms with Crippen LogP contribution in [0.3, 0.4) is 0 Å². The Kier molecular flexibility index (Phi) is 3.81. The zero-order valence-electron chi connectivity index (χ0n) is 10.0. The lowest BCUT2D eigenvalue weighted by Crippen LogP contribution is -2.13. The molecule has 0 fully saturated rings. The van der Waals surface area contributed by atoms with Crippen LogP contribution < -0.4 is 5.32 Å². The van der Waals surface area contributed by atoms with E-state index in [2.05, 4.69) is 5.32 Å². The number of benzene rings is 2. The van der Waals surface area contributed by atoms with Crippen LogP contribution in [-0.2, 0) is 0 Å². The molecule has 0 aliphatic carbocycles. The first-order valence-corrected chi connectivity index (χ1v) is 5.88. The highest BCUT2D eigenvalue weighted by atomic mass is 35.5. The maximum absolute atomic E-state index is 13.1. The Bertz CT molecular complexity index is 643. The fourth-order valence-electron chi connectivity index (χ4n) is 1.59. The summed E-state index contributed by atoms with van der Waals surface area (Å²) in [6.07, 6.45) is 0. The van der Waals surface area contributed by atoms with Gasteiger partial charge in [-0.15, -0.1) is 0 Å². The fraction of sp³-hybridized carbons (Fsp3) is 0.0714. The second-order valence-corrected chi connectivity index (χ2v) is 4.44. The van der Waals surface area contributed by atoms with Crippen molar-refractivity contribution in [1.82, 2.24) is 0 Å². The fourth-order valence-corrected chi connectivity index (χ4v) is 1.85. The van der Waals surface area contributed by atoms with Crippen molar-refractivity contribution in [2.45, 2.75) is 6.92 Å². The first-order valence-electron chi connectivity index (χ1n) is 5.50. The average Bonchev–Trinajstić information content (AvgIpc) is 2.33. The molecule has 2 aromatic rings. The lowest BCUT2D eigenvalue weighted by molar-refractivity contribution is 0.102. The number of hydrogen-bond donors (Lipinski definition) is 1. The van der Waals surface area contributed by atoms with Gasteiger partial charge in [-0.05, 0) is 42.8 Å². The van der Waals surface area contributed by atoms with Crippen LogP contribution in [0.1, 0.15) is 15.9 Å². The van der Waals surface area contributed by atoms with Crippen LogP contribution in [0.2, 0.25) is 5.02 Å². The third-order valence-electron chi connectivity index (χ3n) is 2.62. The molecule has 0 heterocycles. The van der Waals surface area contributed by atoms with Crippen molar-refractivity contribution in [3.63, 3.8) is 0 Å². The second kappa shape index (κ2) is 5.36. The number of carbonyl (C=O) groups is 1. The number of anilines is 1. The largest absolute Gasteiger partial charge is 0.322 e. The lowest BCUT2D eigenvalue weighted by atomic mass is 10.1. The molecule has 19 heavy (non-hydrogen) atoms. The molecule has 2 nitrogen and oxygen atoms in total. The molecule has 0 radical (unpaired) electrons. The van der Waals surface area contributed by atoms with Gasteiger partial charge in [-0.2, -0.15) is 0 Å². The average molecular weight is 282 g/mol. The van der Waals surface area contributed by atoms with Crippen molar-refractivity contribution in [2.24, 2.45) is 0 Å². The summed E-state index contributed by atoms with van der Waals surface area (Å²) in [6, 6.07) is 7.54. The van der Waals surface area contributed by atoms with Gasteiger partial charge in [0, 0.05) is 5.69 Å². The standard InChI is InChI=1S/C14H10ClF2NO/c1-8-2-3-10(17)7-13(8)18-14(19)11-5-4-9(16)6-12(11)15/h2-7H,1H3,(H,18,19). The summed E-state index contributed by atoms with van der Waals surface area (Å²) in [4.78, 5) is 12.0. The molecule has 5 heteroatoms. The third-order valence-corrected chi connectivity index (χ3v) is 2.94. The van der Waals surface area contributed by atoms with Crippen molar-refractivity contribution in [3.05, 3.63) is 64.2 Å². The van der Waals surface area contributed by atoms with E-state index in [9.17, 15) is 13.6 Å². The molecule has 0 unspecified atom stereocenters. The van der Waals surface area contributed by atoms with Gasteiger partial charge in [0.1, 0.15) is 11.6 Å². The van der Waals surface area contributed by atoms with Crippen LogP contribution in [0.15, 0.2) is 36.4 Å². The molecule has 0 atom stereocenters. The lowest BCUT2D eigenvalue weighted by Gasteiger charge is -2.09. The Labute approximate surface area is 114 Å². The molecule has 0 aliphatic heterocycles. The maximum atomic E-state index is 13.1. The van der Waals surface area contributed by atoms with Crippen LogP contribution in [0.25, 0.3) is 0 Å². The number of halogens is 3. The molecule has 1 amide bonds. The van der Waals surface area contributed by atoms with Crippen LogP contribution >= 0.6 is 11.6 Å². The van der Waals surface area contributed by atoms with Crippen molar-refractivity contribution in [2.75, 3.05) is 5.32 Å². The molecule has 0 saturated heterocycles. The van der Waals surface area contributed by atoms with Gasteiger partial charge < -0.3 is 5.32 Å². The number of amides is 1. The van der Waals surface area contributed by atoms with Crippen molar-refractivity contribution in [1.29, 1.82) is 0 Å².